The average Bonchev–Trinajstić information content (AvgIpc) is 2.62. The molecule has 1 aliphatic heterocycles. The second-order valence-corrected chi connectivity index (χ2v) is 6.33. The van der Waals surface area contributed by atoms with E-state index >= 15 is 0 Å². The van der Waals surface area contributed by atoms with Crippen molar-refractivity contribution >= 4 is 23.8 Å². The predicted octanol–water partition coefficient (Wildman–Crippen LogP) is 2.64. The number of hydrogen-bond acceptors (Lipinski definition) is 4. The van der Waals surface area contributed by atoms with Crippen molar-refractivity contribution in [3.05, 3.63) is 35.9 Å². The molecule has 0 aliphatic carbocycles. The van der Waals surface area contributed by atoms with E-state index in [1.54, 1.807) is 0 Å². The maximum absolute atomic E-state index is 11.8. The molecule has 1 aromatic rings. The zero-order chi connectivity index (χ0) is 18.3. The lowest BCUT2D eigenvalue weighted by atomic mass is 9.80. The number of rotatable bonds is 6. The van der Waals surface area contributed by atoms with Gasteiger partial charge in [-0.3, -0.25) is 4.90 Å². The van der Waals surface area contributed by atoms with Crippen LogP contribution in [0.4, 0.5) is 9.59 Å². The standard InChI is InChI=1S/C17H23ClN2O5/c1-24-15(21)19-9-11-25-12-17(13-6-3-2-4-7-13)14(18)8-5-10-20(17)16(22)23/h2-4,6-7,14H,5,8-12H2,1H3,(H,19,21)(H,22,23). The van der Waals surface area contributed by atoms with E-state index in [2.05, 4.69) is 10.1 Å². The number of alkyl halides is 1. The molecule has 25 heavy (non-hydrogen) atoms. The molecule has 0 bridgehead atoms. The fraction of sp³-hybridized carbons (Fsp3) is 0.529. The number of methoxy groups -OCH3 is 1. The minimum atomic E-state index is -1.02. The summed E-state index contributed by atoms with van der Waals surface area (Å²) in [5, 5.41) is 11.8. The molecule has 7 nitrogen and oxygen atoms in total. The first-order valence-corrected chi connectivity index (χ1v) is 8.55. The minimum Gasteiger partial charge on any atom is -0.465 e. The van der Waals surface area contributed by atoms with Gasteiger partial charge in [0.25, 0.3) is 0 Å². The molecule has 0 aromatic heterocycles. The number of carbonyl (C=O) groups is 2. The first kappa shape index (κ1) is 19.3. The Kier molecular flexibility index (Phi) is 6.90. The van der Waals surface area contributed by atoms with Crippen molar-refractivity contribution < 1.29 is 24.2 Å². The number of nitrogens with zero attached hydrogens (tertiary/aromatic N) is 1. The van der Waals surface area contributed by atoms with Crippen molar-refractivity contribution in [2.45, 2.75) is 23.8 Å². The molecule has 2 unspecified atom stereocenters. The van der Waals surface area contributed by atoms with E-state index in [0.717, 1.165) is 5.56 Å². The van der Waals surface area contributed by atoms with Gasteiger partial charge in [0.15, 0.2) is 0 Å². The lowest BCUT2D eigenvalue weighted by Crippen LogP contribution is -2.60. The smallest absolute Gasteiger partial charge is 0.408 e. The summed E-state index contributed by atoms with van der Waals surface area (Å²) in [5.74, 6) is 0. The highest BCUT2D eigenvalue weighted by Crippen LogP contribution is 2.41. The van der Waals surface area contributed by atoms with Crippen molar-refractivity contribution in [2.75, 3.05) is 33.4 Å². The third kappa shape index (κ3) is 4.35. The van der Waals surface area contributed by atoms with Crippen molar-refractivity contribution in [2.24, 2.45) is 0 Å². The number of alkyl carbamates (subject to hydrolysis) is 1. The highest BCUT2D eigenvalue weighted by atomic mass is 35.5. The summed E-state index contributed by atoms with van der Waals surface area (Å²) < 4.78 is 10.2. The number of halogens is 1. The third-order valence-corrected chi connectivity index (χ3v) is 4.95. The number of ether oxygens (including phenoxy) is 2. The van der Waals surface area contributed by atoms with Crippen LogP contribution in [0, 0.1) is 0 Å². The van der Waals surface area contributed by atoms with Crippen molar-refractivity contribution in [3.63, 3.8) is 0 Å². The molecule has 1 fully saturated rings. The van der Waals surface area contributed by atoms with E-state index in [9.17, 15) is 14.7 Å². The highest BCUT2D eigenvalue weighted by molar-refractivity contribution is 6.21. The van der Waals surface area contributed by atoms with E-state index in [0.29, 0.717) is 19.4 Å². The number of carbonyl (C=O) groups excluding carboxylic acids is 1. The van der Waals surface area contributed by atoms with E-state index in [1.165, 1.54) is 12.0 Å². The highest BCUT2D eigenvalue weighted by Gasteiger charge is 2.49. The molecule has 2 amide bonds. The maximum Gasteiger partial charge on any atom is 0.408 e. The quantitative estimate of drug-likeness (QED) is 0.593. The predicted molar refractivity (Wildman–Crippen MR) is 93.0 cm³/mol. The van der Waals surface area contributed by atoms with Gasteiger partial charge in [-0.15, -0.1) is 11.6 Å². The van der Waals surface area contributed by atoms with Gasteiger partial charge in [0.2, 0.25) is 0 Å². The monoisotopic (exact) mass is 370 g/mol. The van der Waals surface area contributed by atoms with Crippen LogP contribution in [-0.2, 0) is 15.0 Å². The number of likely N-dealkylation sites (tertiary alicyclic amines) is 1. The number of nitrogens with one attached hydrogen (secondary N) is 1. The fourth-order valence-electron chi connectivity index (χ4n) is 3.14. The van der Waals surface area contributed by atoms with Crippen LogP contribution < -0.4 is 5.32 Å². The van der Waals surface area contributed by atoms with Gasteiger partial charge in [-0.05, 0) is 18.4 Å². The molecule has 0 radical (unpaired) electrons. The summed E-state index contributed by atoms with van der Waals surface area (Å²) in [7, 11) is 1.28. The molecule has 0 spiro atoms. The normalized spacial score (nSPS) is 23.1. The van der Waals surface area contributed by atoms with Crippen molar-refractivity contribution in [3.8, 4) is 0 Å². The number of carboxylic acid groups (broad SMARTS) is 1. The second-order valence-electron chi connectivity index (χ2n) is 5.81. The van der Waals surface area contributed by atoms with E-state index in [1.807, 2.05) is 30.3 Å². The summed E-state index contributed by atoms with van der Waals surface area (Å²) in [6, 6.07) is 9.32. The summed E-state index contributed by atoms with van der Waals surface area (Å²) in [4.78, 5) is 24.3. The Morgan fingerprint density at radius 1 is 1.40 bits per heavy atom. The lowest BCUT2D eigenvalue weighted by Gasteiger charge is -2.48. The van der Waals surface area contributed by atoms with Crippen molar-refractivity contribution in [1.29, 1.82) is 0 Å². The molecule has 1 aliphatic rings. The van der Waals surface area contributed by atoms with E-state index in [4.69, 9.17) is 16.3 Å². The van der Waals surface area contributed by atoms with Crippen LogP contribution in [0.5, 0.6) is 0 Å². The fourth-order valence-corrected chi connectivity index (χ4v) is 3.60. The van der Waals surface area contributed by atoms with Crippen LogP contribution in [0.1, 0.15) is 18.4 Å². The van der Waals surface area contributed by atoms with Crippen LogP contribution >= 0.6 is 11.6 Å². The summed E-state index contributed by atoms with van der Waals surface area (Å²) >= 11 is 6.62. The van der Waals surface area contributed by atoms with Gasteiger partial charge in [-0.1, -0.05) is 30.3 Å². The average molecular weight is 371 g/mol. The molecule has 138 valence electrons. The first-order chi connectivity index (χ1) is 12.0. The van der Waals surface area contributed by atoms with Gasteiger partial charge in [0.05, 0.1) is 25.7 Å². The van der Waals surface area contributed by atoms with Gasteiger partial charge in [-0.25, -0.2) is 9.59 Å². The SMILES string of the molecule is COC(=O)NCCOCC1(c2ccccc2)C(Cl)CCCN1C(=O)O. The summed E-state index contributed by atoms with van der Waals surface area (Å²) in [6.07, 6.45) is -0.157. The first-order valence-electron chi connectivity index (χ1n) is 8.12. The molecule has 8 heteroatoms. The van der Waals surface area contributed by atoms with Gasteiger partial charge < -0.3 is 19.9 Å². The second kappa shape index (κ2) is 8.92. The van der Waals surface area contributed by atoms with Gasteiger partial charge in [-0.2, -0.15) is 0 Å². The topological polar surface area (TPSA) is 88.1 Å². The Bertz CT molecular complexity index is 586. The van der Waals surface area contributed by atoms with E-state index < -0.39 is 23.1 Å². The molecule has 2 N–H and O–H groups in total. The molecule has 1 aromatic carbocycles. The Morgan fingerprint density at radius 3 is 2.76 bits per heavy atom. The largest absolute Gasteiger partial charge is 0.465 e. The van der Waals surface area contributed by atoms with E-state index in [-0.39, 0.29) is 19.8 Å². The maximum atomic E-state index is 11.8. The minimum absolute atomic E-state index is 0.111. The Balaban J connectivity index is 2.17. The number of benzene rings is 1. The zero-order valence-corrected chi connectivity index (χ0v) is 14.9. The molecular formula is C17H23ClN2O5. The third-order valence-electron chi connectivity index (χ3n) is 4.37. The molecule has 2 rings (SSSR count). The molecule has 1 heterocycles. The number of amides is 2. The Labute approximate surface area is 151 Å². The molecule has 2 atom stereocenters. The summed E-state index contributed by atoms with van der Waals surface area (Å²) in [5.41, 5.74) is -0.156. The lowest BCUT2D eigenvalue weighted by molar-refractivity contribution is -0.0215. The number of hydrogen-bond donors (Lipinski definition) is 2. The van der Waals surface area contributed by atoms with Gasteiger partial charge in [0.1, 0.15) is 5.54 Å². The molecule has 0 saturated carbocycles. The molecular weight excluding hydrogens is 348 g/mol. The Morgan fingerprint density at radius 2 is 2.12 bits per heavy atom. The van der Waals surface area contributed by atoms with Crippen LogP contribution in [0.2, 0.25) is 0 Å². The molecule has 1 saturated heterocycles. The van der Waals surface area contributed by atoms with Crippen LogP contribution in [0.3, 0.4) is 0 Å². The van der Waals surface area contributed by atoms with Gasteiger partial charge >= 0.3 is 12.2 Å². The van der Waals surface area contributed by atoms with Crippen LogP contribution in [0.15, 0.2) is 30.3 Å². The van der Waals surface area contributed by atoms with Crippen LogP contribution in [0.25, 0.3) is 0 Å². The van der Waals surface area contributed by atoms with Crippen LogP contribution in [-0.4, -0.2) is 61.0 Å². The zero-order valence-electron chi connectivity index (χ0n) is 14.1. The van der Waals surface area contributed by atoms with Crippen molar-refractivity contribution in [1.82, 2.24) is 10.2 Å². The number of piperidine rings is 1. The summed E-state index contributed by atoms with van der Waals surface area (Å²) in [6.45, 7) is 0.996. The van der Waals surface area contributed by atoms with Gasteiger partial charge in [0, 0.05) is 13.1 Å². The Hall–Kier alpha value is -1.99.